The van der Waals surface area contributed by atoms with Gasteiger partial charge in [0.05, 0.1) is 4.90 Å². The Morgan fingerprint density at radius 2 is 1.87 bits per heavy atom. The van der Waals surface area contributed by atoms with Crippen molar-refractivity contribution in [2.24, 2.45) is 0 Å². The quantitative estimate of drug-likeness (QED) is 0.725. The van der Waals surface area contributed by atoms with Crippen LogP contribution in [0.3, 0.4) is 0 Å². The number of hydrogen-bond donors (Lipinski definition) is 2. The Morgan fingerprint density at radius 1 is 1.30 bits per heavy atom. The van der Waals surface area contributed by atoms with Crippen molar-refractivity contribution in [2.45, 2.75) is 30.7 Å². The number of benzene rings is 1. The zero-order valence-electron chi connectivity index (χ0n) is 12.8. The van der Waals surface area contributed by atoms with Gasteiger partial charge in [-0.3, -0.25) is 9.59 Å². The molecular formula is C14H19FN2O5S. The van der Waals surface area contributed by atoms with E-state index in [9.17, 15) is 22.4 Å². The normalized spacial score (nSPS) is 12.9. The molecule has 0 aromatic heterocycles. The lowest BCUT2D eigenvalue weighted by Gasteiger charge is -2.17. The van der Waals surface area contributed by atoms with Crippen molar-refractivity contribution in [3.63, 3.8) is 0 Å². The molecule has 1 aromatic carbocycles. The van der Waals surface area contributed by atoms with Crippen LogP contribution in [0.2, 0.25) is 0 Å². The van der Waals surface area contributed by atoms with Crippen molar-refractivity contribution in [3.05, 3.63) is 30.1 Å². The maximum Gasteiger partial charge on any atom is 0.325 e. The Balaban J connectivity index is 2.53. The Hall–Kier alpha value is -2.00. The van der Waals surface area contributed by atoms with Crippen molar-refractivity contribution in [3.8, 4) is 0 Å². The van der Waals surface area contributed by atoms with Gasteiger partial charge in [-0.2, -0.15) is 0 Å². The summed E-state index contributed by atoms with van der Waals surface area (Å²) in [4.78, 5) is 22.1. The molecule has 1 rings (SSSR count). The SMILES string of the molecule is C[C@H](NC(=O)CCCN(C)S(=O)(=O)c1ccc(F)cc1)C(=O)O. The highest BCUT2D eigenvalue weighted by molar-refractivity contribution is 7.89. The lowest BCUT2D eigenvalue weighted by Crippen LogP contribution is -2.38. The van der Waals surface area contributed by atoms with E-state index >= 15 is 0 Å². The number of carbonyl (C=O) groups is 2. The maximum absolute atomic E-state index is 12.8. The molecule has 1 amide bonds. The molecule has 1 atom stereocenters. The Kier molecular flexibility index (Phi) is 6.64. The molecule has 0 heterocycles. The summed E-state index contributed by atoms with van der Waals surface area (Å²) in [6.07, 6.45) is 0.232. The Morgan fingerprint density at radius 3 is 2.39 bits per heavy atom. The third kappa shape index (κ3) is 5.61. The van der Waals surface area contributed by atoms with Gasteiger partial charge in [0.1, 0.15) is 11.9 Å². The van der Waals surface area contributed by atoms with Gasteiger partial charge in [-0.05, 0) is 37.6 Å². The minimum atomic E-state index is -3.75. The van der Waals surface area contributed by atoms with Gasteiger partial charge < -0.3 is 10.4 Å². The first kappa shape index (κ1) is 19.0. The molecule has 0 spiro atoms. The second-order valence-corrected chi connectivity index (χ2v) is 7.06. The molecule has 23 heavy (non-hydrogen) atoms. The summed E-state index contributed by atoms with van der Waals surface area (Å²) < 4.78 is 38.3. The number of halogens is 1. The number of amides is 1. The first-order valence-corrected chi connectivity index (χ1v) is 8.32. The summed E-state index contributed by atoms with van der Waals surface area (Å²) in [5, 5.41) is 10.9. The van der Waals surface area contributed by atoms with E-state index in [1.165, 1.54) is 26.1 Å². The van der Waals surface area contributed by atoms with Crippen LogP contribution >= 0.6 is 0 Å². The van der Waals surface area contributed by atoms with Crippen LogP contribution in [0.15, 0.2) is 29.2 Å². The van der Waals surface area contributed by atoms with Crippen LogP contribution < -0.4 is 5.32 Å². The van der Waals surface area contributed by atoms with Crippen LogP contribution in [0.25, 0.3) is 0 Å². The Labute approximate surface area is 134 Å². The van der Waals surface area contributed by atoms with E-state index in [1.54, 1.807) is 0 Å². The number of carboxylic acid groups (broad SMARTS) is 1. The van der Waals surface area contributed by atoms with Gasteiger partial charge in [0.2, 0.25) is 15.9 Å². The molecular weight excluding hydrogens is 327 g/mol. The number of aliphatic carboxylic acids is 1. The number of hydrogen-bond acceptors (Lipinski definition) is 4. The summed E-state index contributed by atoms with van der Waals surface area (Å²) >= 11 is 0. The molecule has 9 heteroatoms. The summed E-state index contributed by atoms with van der Waals surface area (Å²) in [5.41, 5.74) is 0. The van der Waals surface area contributed by atoms with Crippen molar-refractivity contribution in [1.82, 2.24) is 9.62 Å². The predicted molar refractivity (Wildman–Crippen MR) is 80.7 cm³/mol. The summed E-state index contributed by atoms with van der Waals surface area (Å²) in [6, 6.07) is 3.46. The average molecular weight is 346 g/mol. The van der Waals surface area contributed by atoms with Crippen LogP contribution in [0.5, 0.6) is 0 Å². The highest BCUT2D eigenvalue weighted by Crippen LogP contribution is 2.15. The fraction of sp³-hybridized carbons (Fsp3) is 0.429. The molecule has 7 nitrogen and oxygen atoms in total. The molecule has 128 valence electrons. The summed E-state index contributed by atoms with van der Waals surface area (Å²) in [7, 11) is -2.39. The van der Waals surface area contributed by atoms with Gasteiger partial charge in [0.15, 0.2) is 0 Å². The molecule has 0 saturated heterocycles. The fourth-order valence-corrected chi connectivity index (χ4v) is 2.95. The number of nitrogens with one attached hydrogen (secondary N) is 1. The van der Waals surface area contributed by atoms with Gasteiger partial charge in [0.25, 0.3) is 0 Å². The van der Waals surface area contributed by atoms with E-state index in [0.717, 1.165) is 16.4 Å². The molecule has 1 aromatic rings. The number of nitrogens with zero attached hydrogens (tertiary/aromatic N) is 1. The minimum Gasteiger partial charge on any atom is -0.480 e. The van der Waals surface area contributed by atoms with E-state index in [-0.39, 0.29) is 24.3 Å². The van der Waals surface area contributed by atoms with Crippen LogP contribution in [-0.2, 0) is 19.6 Å². The van der Waals surface area contributed by atoms with Gasteiger partial charge in [-0.25, -0.2) is 17.1 Å². The zero-order valence-corrected chi connectivity index (χ0v) is 13.6. The second-order valence-electron chi connectivity index (χ2n) is 5.01. The molecule has 0 fully saturated rings. The van der Waals surface area contributed by atoms with E-state index in [4.69, 9.17) is 5.11 Å². The van der Waals surface area contributed by atoms with Crippen LogP contribution in [0, 0.1) is 5.82 Å². The Bertz CT molecular complexity index is 660. The largest absolute Gasteiger partial charge is 0.480 e. The van der Waals surface area contributed by atoms with Gasteiger partial charge in [-0.15, -0.1) is 0 Å². The monoisotopic (exact) mass is 346 g/mol. The molecule has 0 bridgehead atoms. The third-order valence-corrected chi connectivity index (χ3v) is 5.02. The van der Waals surface area contributed by atoms with Gasteiger partial charge in [0, 0.05) is 20.0 Å². The molecule has 0 aliphatic heterocycles. The lowest BCUT2D eigenvalue weighted by molar-refractivity contribution is -0.141. The average Bonchev–Trinajstić information content (AvgIpc) is 2.47. The number of carboxylic acids is 1. The van der Waals surface area contributed by atoms with Crippen molar-refractivity contribution in [1.29, 1.82) is 0 Å². The first-order valence-electron chi connectivity index (χ1n) is 6.88. The summed E-state index contributed by atoms with van der Waals surface area (Å²) in [5.74, 6) is -2.14. The van der Waals surface area contributed by atoms with E-state index in [1.807, 2.05) is 0 Å². The van der Waals surface area contributed by atoms with Gasteiger partial charge in [-0.1, -0.05) is 0 Å². The van der Waals surface area contributed by atoms with Crippen molar-refractivity contribution < 1.29 is 27.5 Å². The van der Waals surface area contributed by atoms with E-state index in [2.05, 4.69) is 5.32 Å². The first-order chi connectivity index (χ1) is 10.6. The molecule has 0 saturated carbocycles. The molecule has 0 aliphatic rings. The van der Waals surface area contributed by atoms with Crippen molar-refractivity contribution >= 4 is 21.9 Å². The lowest BCUT2D eigenvalue weighted by atomic mass is 10.2. The number of carbonyl (C=O) groups excluding carboxylic acids is 1. The molecule has 0 unspecified atom stereocenters. The predicted octanol–water partition coefficient (Wildman–Crippen LogP) is 0.816. The van der Waals surface area contributed by atoms with Crippen molar-refractivity contribution in [2.75, 3.05) is 13.6 Å². The highest BCUT2D eigenvalue weighted by Gasteiger charge is 2.21. The molecule has 2 N–H and O–H groups in total. The highest BCUT2D eigenvalue weighted by atomic mass is 32.2. The number of rotatable bonds is 8. The molecule has 0 aliphatic carbocycles. The van der Waals surface area contributed by atoms with E-state index in [0.29, 0.717) is 0 Å². The zero-order chi connectivity index (χ0) is 17.6. The second kappa shape index (κ2) is 8.02. The number of sulfonamides is 1. The summed E-state index contributed by atoms with van der Waals surface area (Å²) in [6.45, 7) is 1.42. The minimum absolute atomic E-state index is 0.000891. The third-order valence-electron chi connectivity index (χ3n) is 3.15. The van der Waals surface area contributed by atoms with Crippen LogP contribution in [0.1, 0.15) is 19.8 Å². The standard InChI is InChI=1S/C14H19FN2O5S/c1-10(14(19)20)16-13(18)4-3-9-17(2)23(21,22)12-7-5-11(15)6-8-12/h5-8,10H,3-4,9H2,1-2H3,(H,16,18)(H,19,20)/t10-/m0/s1. The van der Waals surface area contributed by atoms with Crippen LogP contribution in [0.4, 0.5) is 4.39 Å². The fourth-order valence-electron chi connectivity index (χ4n) is 1.74. The van der Waals surface area contributed by atoms with E-state index < -0.39 is 33.8 Å². The maximum atomic E-state index is 12.8. The van der Waals surface area contributed by atoms with Gasteiger partial charge >= 0.3 is 5.97 Å². The van der Waals surface area contributed by atoms with Crippen LogP contribution in [-0.4, -0.2) is 49.3 Å². The molecule has 0 radical (unpaired) electrons. The topological polar surface area (TPSA) is 104 Å². The smallest absolute Gasteiger partial charge is 0.325 e.